The highest BCUT2D eigenvalue weighted by Gasteiger charge is 2.00. The van der Waals surface area contributed by atoms with Crippen molar-refractivity contribution >= 4 is 52.6 Å². The van der Waals surface area contributed by atoms with E-state index in [-0.39, 0.29) is 24.0 Å². The average molecular weight is 464 g/mol. The van der Waals surface area contributed by atoms with Gasteiger partial charge in [-0.25, -0.2) is 4.98 Å². The lowest BCUT2D eigenvalue weighted by Gasteiger charge is -2.10. The van der Waals surface area contributed by atoms with E-state index in [1.54, 1.807) is 22.7 Å². The van der Waals surface area contributed by atoms with Crippen LogP contribution in [0, 0.1) is 6.92 Å². The molecule has 0 bridgehead atoms. The molecular weight excluding hydrogens is 439 g/mol. The topological polar surface area (TPSA) is 49.3 Å². The predicted molar refractivity (Wildman–Crippen MR) is 113 cm³/mol. The van der Waals surface area contributed by atoms with Crippen molar-refractivity contribution in [2.45, 2.75) is 33.1 Å². The molecule has 23 heavy (non-hydrogen) atoms. The molecule has 0 aromatic carbocycles. The lowest BCUT2D eigenvalue weighted by atomic mass is 10.3. The number of aromatic nitrogens is 1. The van der Waals surface area contributed by atoms with Crippen LogP contribution in [-0.4, -0.2) is 30.6 Å². The van der Waals surface area contributed by atoms with Gasteiger partial charge in [-0.15, -0.1) is 46.7 Å². The molecule has 0 radical (unpaired) electrons. The highest BCUT2D eigenvalue weighted by molar-refractivity contribution is 14.0. The number of thiazole rings is 1. The van der Waals surface area contributed by atoms with Gasteiger partial charge in [0.05, 0.1) is 5.01 Å². The van der Waals surface area contributed by atoms with Gasteiger partial charge in [0.25, 0.3) is 0 Å². The maximum Gasteiger partial charge on any atom is 0.191 e. The number of hydrogen-bond donors (Lipinski definition) is 2. The van der Waals surface area contributed by atoms with E-state index in [0.717, 1.165) is 50.6 Å². The summed E-state index contributed by atoms with van der Waals surface area (Å²) in [4.78, 5) is 10.5. The van der Waals surface area contributed by atoms with Gasteiger partial charge in [0.2, 0.25) is 0 Å². The molecule has 2 aromatic rings. The van der Waals surface area contributed by atoms with Crippen LogP contribution in [0.25, 0.3) is 0 Å². The fourth-order valence-electron chi connectivity index (χ4n) is 2.04. The Bertz CT molecular complexity index is 566. The van der Waals surface area contributed by atoms with Gasteiger partial charge in [-0.05, 0) is 38.1 Å². The van der Waals surface area contributed by atoms with E-state index in [1.807, 2.05) is 6.92 Å². The van der Waals surface area contributed by atoms with E-state index >= 15 is 0 Å². The molecule has 4 nitrogen and oxygen atoms in total. The van der Waals surface area contributed by atoms with Crippen LogP contribution in [0.5, 0.6) is 0 Å². The standard InChI is InChI=1S/C16H24N4S2.HI/c1-3-17-16(19-10-8-14-6-5-11-21-14)18-9-4-7-15-20-13(2)12-22-15;/h5-6,11-12H,3-4,7-10H2,1-2H3,(H2,17,18,19);1H. The van der Waals surface area contributed by atoms with Gasteiger partial charge >= 0.3 is 0 Å². The Morgan fingerprint density at radius 3 is 2.78 bits per heavy atom. The largest absolute Gasteiger partial charge is 0.357 e. The highest BCUT2D eigenvalue weighted by Crippen LogP contribution is 2.10. The lowest BCUT2D eigenvalue weighted by molar-refractivity contribution is 0.777. The molecule has 7 heteroatoms. The van der Waals surface area contributed by atoms with Gasteiger partial charge in [-0.1, -0.05) is 6.07 Å². The summed E-state index contributed by atoms with van der Waals surface area (Å²) >= 11 is 3.54. The number of aryl methyl sites for hydroxylation is 2. The van der Waals surface area contributed by atoms with Gasteiger partial charge in [0.1, 0.15) is 0 Å². The van der Waals surface area contributed by atoms with Crippen molar-refractivity contribution in [3.8, 4) is 0 Å². The van der Waals surface area contributed by atoms with E-state index in [0.29, 0.717) is 0 Å². The first-order valence-electron chi connectivity index (χ1n) is 7.73. The monoisotopic (exact) mass is 464 g/mol. The number of aliphatic imine (C=N–C) groups is 1. The number of thiophene rings is 1. The minimum atomic E-state index is 0. The van der Waals surface area contributed by atoms with Crippen molar-refractivity contribution in [3.05, 3.63) is 38.5 Å². The Kier molecular flexibility index (Phi) is 10.5. The highest BCUT2D eigenvalue weighted by atomic mass is 127. The first kappa shape index (κ1) is 20.4. The fraction of sp³-hybridized carbons (Fsp3) is 0.500. The van der Waals surface area contributed by atoms with Crippen molar-refractivity contribution in [3.63, 3.8) is 0 Å². The molecule has 0 fully saturated rings. The summed E-state index contributed by atoms with van der Waals surface area (Å²) in [5, 5.41) is 12.1. The van der Waals surface area contributed by atoms with Crippen molar-refractivity contribution in [2.24, 2.45) is 4.99 Å². The van der Waals surface area contributed by atoms with E-state index in [2.05, 4.69) is 50.4 Å². The van der Waals surface area contributed by atoms with Crippen molar-refractivity contribution in [1.82, 2.24) is 15.6 Å². The third-order valence-electron chi connectivity index (χ3n) is 3.07. The smallest absolute Gasteiger partial charge is 0.191 e. The Hall–Kier alpha value is -0.670. The summed E-state index contributed by atoms with van der Waals surface area (Å²) in [6.07, 6.45) is 3.09. The Morgan fingerprint density at radius 2 is 2.13 bits per heavy atom. The summed E-state index contributed by atoms with van der Waals surface area (Å²) < 4.78 is 0. The molecular formula is C16H25IN4S2. The minimum absolute atomic E-state index is 0. The second-order valence-corrected chi connectivity index (χ2v) is 6.98. The number of nitrogens with one attached hydrogen (secondary N) is 2. The summed E-state index contributed by atoms with van der Waals surface area (Å²) in [6.45, 7) is 6.76. The van der Waals surface area contributed by atoms with Crippen LogP contribution in [0.4, 0.5) is 0 Å². The maximum atomic E-state index is 4.63. The second-order valence-electron chi connectivity index (χ2n) is 5.00. The molecule has 0 saturated heterocycles. The molecule has 2 heterocycles. The number of halogens is 1. The van der Waals surface area contributed by atoms with Crippen LogP contribution in [0.2, 0.25) is 0 Å². The molecule has 0 saturated carbocycles. The van der Waals surface area contributed by atoms with Gasteiger partial charge in [0, 0.05) is 42.0 Å². The molecule has 0 spiro atoms. The SMILES string of the molecule is CCNC(=NCCCc1nc(C)cs1)NCCc1cccs1.I. The zero-order valence-electron chi connectivity index (χ0n) is 13.7. The van der Waals surface area contributed by atoms with Gasteiger partial charge < -0.3 is 10.6 Å². The molecule has 0 amide bonds. The normalized spacial score (nSPS) is 11.1. The van der Waals surface area contributed by atoms with E-state index in [1.165, 1.54) is 9.88 Å². The second kappa shape index (κ2) is 11.8. The fourth-order valence-corrected chi connectivity index (χ4v) is 3.57. The Balaban J connectivity index is 0.00000264. The van der Waals surface area contributed by atoms with Crippen LogP contribution in [0.3, 0.4) is 0 Å². The summed E-state index contributed by atoms with van der Waals surface area (Å²) in [6, 6.07) is 4.27. The van der Waals surface area contributed by atoms with Crippen LogP contribution in [0.1, 0.15) is 28.9 Å². The molecule has 0 aliphatic carbocycles. The van der Waals surface area contributed by atoms with Gasteiger partial charge in [-0.2, -0.15) is 0 Å². The summed E-state index contributed by atoms with van der Waals surface area (Å²) in [7, 11) is 0. The van der Waals surface area contributed by atoms with E-state index in [4.69, 9.17) is 0 Å². The number of guanidine groups is 1. The third kappa shape index (κ3) is 8.12. The van der Waals surface area contributed by atoms with Crippen LogP contribution in [-0.2, 0) is 12.8 Å². The van der Waals surface area contributed by atoms with Crippen LogP contribution < -0.4 is 10.6 Å². The zero-order valence-corrected chi connectivity index (χ0v) is 17.6. The van der Waals surface area contributed by atoms with E-state index < -0.39 is 0 Å². The zero-order chi connectivity index (χ0) is 15.6. The molecule has 0 unspecified atom stereocenters. The summed E-state index contributed by atoms with van der Waals surface area (Å²) in [5.41, 5.74) is 1.12. The van der Waals surface area contributed by atoms with Crippen LogP contribution >= 0.6 is 46.7 Å². The molecule has 0 aliphatic rings. The molecule has 2 aromatic heterocycles. The molecule has 0 atom stereocenters. The first-order valence-corrected chi connectivity index (χ1v) is 9.49. The van der Waals surface area contributed by atoms with Gasteiger partial charge in [-0.3, -0.25) is 4.99 Å². The van der Waals surface area contributed by atoms with Gasteiger partial charge in [0.15, 0.2) is 5.96 Å². The molecule has 128 valence electrons. The first-order chi connectivity index (χ1) is 10.8. The Labute approximate surface area is 163 Å². The number of hydrogen-bond acceptors (Lipinski definition) is 4. The van der Waals surface area contributed by atoms with E-state index in [9.17, 15) is 0 Å². The Morgan fingerprint density at radius 1 is 1.26 bits per heavy atom. The quantitative estimate of drug-likeness (QED) is 0.270. The van der Waals surface area contributed by atoms with Crippen molar-refractivity contribution in [1.29, 1.82) is 0 Å². The molecule has 2 N–H and O–H groups in total. The minimum Gasteiger partial charge on any atom is -0.357 e. The number of rotatable bonds is 8. The summed E-state index contributed by atoms with van der Waals surface area (Å²) in [5.74, 6) is 0.911. The number of nitrogens with zero attached hydrogens (tertiary/aromatic N) is 2. The van der Waals surface area contributed by atoms with Crippen molar-refractivity contribution < 1.29 is 0 Å². The maximum absolute atomic E-state index is 4.63. The van der Waals surface area contributed by atoms with Crippen molar-refractivity contribution in [2.75, 3.05) is 19.6 Å². The molecule has 0 aliphatic heterocycles. The molecule has 2 rings (SSSR count). The lowest BCUT2D eigenvalue weighted by Crippen LogP contribution is -2.38. The third-order valence-corrected chi connectivity index (χ3v) is 5.04. The van der Waals surface area contributed by atoms with Crippen LogP contribution in [0.15, 0.2) is 27.9 Å². The average Bonchev–Trinajstić information content (AvgIpc) is 3.15. The predicted octanol–water partition coefficient (Wildman–Crippen LogP) is 3.86.